The van der Waals surface area contributed by atoms with Gasteiger partial charge in [-0.15, -0.1) is 0 Å². The topological polar surface area (TPSA) is 129 Å². The number of carbonyl (C=O) groups is 3. The van der Waals surface area contributed by atoms with Crippen LogP contribution in [0.5, 0.6) is 5.75 Å². The second-order valence-electron chi connectivity index (χ2n) is 9.21. The van der Waals surface area contributed by atoms with E-state index < -0.39 is 5.91 Å². The van der Waals surface area contributed by atoms with Crippen LogP contribution in [0.2, 0.25) is 0 Å². The molecule has 3 amide bonds. The predicted octanol–water partition coefficient (Wildman–Crippen LogP) is 3.34. The Kier molecular flexibility index (Phi) is 5.95. The first-order valence-corrected chi connectivity index (χ1v) is 12.2. The number of ether oxygens (including phenoxy) is 1. The fourth-order valence-corrected chi connectivity index (χ4v) is 5.01. The summed E-state index contributed by atoms with van der Waals surface area (Å²) >= 11 is 0. The standard InChI is InChI=1S/C27H23FN6O4/c28-17-4-1-3-16(10-17)20-5-2-8-34(20)27(37)18-12-29-24-23(18)31-14-32-25(24)26(36)30-11-15-6-7-21-19(9-15)33-22(35)13-38-21/h1,3-4,6-7,9-10,12,14,20,29H,2,5,8,11,13H2,(H,30,36)(H,33,35). The molecule has 6 rings (SSSR count). The molecule has 0 aliphatic carbocycles. The molecule has 0 spiro atoms. The van der Waals surface area contributed by atoms with Crippen molar-refractivity contribution in [1.82, 2.24) is 25.2 Å². The molecule has 38 heavy (non-hydrogen) atoms. The molecule has 2 aromatic carbocycles. The molecule has 4 aromatic rings. The fourth-order valence-electron chi connectivity index (χ4n) is 5.01. The number of aromatic nitrogens is 3. The number of amides is 3. The fraction of sp³-hybridized carbons (Fsp3) is 0.222. The lowest BCUT2D eigenvalue weighted by molar-refractivity contribution is -0.118. The highest BCUT2D eigenvalue weighted by atomic mass is 19.1. The molecular weight excluding hydrogens is 491 g/mol. The summed E-state index contributed by atoms with van der Waals surface area (Å²) in [5.74, 6) is -0.707. The molecule has 1 atom stereocenters. The van der Waals surface area contributed by atoms with Gasteiger partial charge in [-0.05, 0) is 48.2 Å². The maximum Gasteiger partial charge on any atom is 0.272 e. The van der Waals surface area contributed by atoms with Gasteiger partial charge in [0.25, 0.3) is 17.7 Å². The van der Waals surface area contributed by atoms with Gasteiger partial charge in [0, 0.05) is 19.3 Å². The Hall–Kier alpha value is -4.80. The summed E-state index contributed by atoms with van der Waals surface area (Å²) in [6.07, 6.45) is 4.32. The van der Waals surface area contributed by atoms with Crippen LogP contribution in [0.25, 0.3) is 11.0 Å². The Morgan fingerprint density at radius 2 is 2.08 bits per heavy atom. The van der Waals surface area contributed by atoms with Crippen molar-refractivity contribution in [1.29, 1.82) is 0 Å². The minimum atomic E-state index is -0.449. The van der Waals surface area contributed by atoms with Crippen molar-refractivity contribution < 1.29 is 23.5 Å². The van der Waals surface area contributed by atoms with Crippen LogP contribution in [0.3, 0.4) is 0 Å². The summed E-state index contributed by atoms with van der Waals surface area (Å²) < 4.78 is 19.2. The molecular formula is C27H23FN6O4. The van der Waals surface area contributed by atoms with Crippen molar-refractivity contribution in [3.63, 3.8) is 0 Å². The van der Waals surface area contributed by atoms with Gasteiger partial charge in [-0.1, -0.05) is 18.2 Å². The molecule has 1 fully saturated rings. The van der Waals surface area contributed by atoms with Gasteiger partial charge < -0.3 is 25.3 Å². The van der Waals surface area contributed by atoms with Crippen molar-refractivity contribution in [2.45, 2.75) is 25.4 Å². The van der Waals surface area contributed by atoms with Crippen LogP contribution < -0.4 is 15.4 Å². The van der Waals surface area contributed by atoms with Crippen LogP contribution in [0, 0.1) is 5.82 Å². The molecule has 4 heterocycles. The zero-order valence-electron chi connectivity index (χ0n) is 20.2. The Morgan fingerprint density at radius 1 is 1.18 bits per heavy atom. The zero-order chi connectivity index (χ0) is 26.2. The summed E-state index contributed by atoms with van der Waals surface area (Å²) in [5.41, 5.74) is 3.17. The lowest BCUT2D eigenvalue weighted by atomic mass is 10.0. The van der Waals surface area contributed by atoms with E-state index in [0.717, 1.165) is 24.0 Å². The summed E-state index contributed by atoms with van der Waals surface area (Å²) in [6.45, 7) is 0.692. The van der Waals surface area contributed by atoms with Crippen molar-refractivity contribution >= 4 is 34.4 Å². The SMILES string of the molecule is O=C1COc2ccc(CNC(=O)c3ncnc4c(C(=O)N5CCCC5c5cccc(F)c5)c[nH]c34)cc2N1. The van der Waals surface area contributed by atoms with Crippen LogP contribution in [0.4, 0.5) is 10.1 Å². The van der Waals surface area contributed by atoms with E-state index >= 15 is 0 Å². The molecule has 2 aliphatic rings. The average molecular weight is 515 g/mol. The third-order valence-electron chi connectivity index (χ3n) is 6.79. The van der Waals surface area contributed by atoms with Crippen molar-refractivity contribution in [3.05, 3.63) is 83.2 Å². The van der Waals surface area contributed by atoms with Crippen LogP contribution in [0.15, 0.2) is 55.0 Å². The Balaban J connectivity index is 1.21. The molecule has 0 saturated carbocycles. The van der Waals surface area contributed by atoms with Gasteiger partial charge in [0.15, 0.2) is 12.3 Å². The van der Waals surface area contributed by atoms with E-state index in [1.54, 1.807) is 29.2 Å². The number of nitrogens with zero attached hydrogens (tertiary/aromatic N) is 3. The number of fused-ring (bicyclic) bond motifs is 2. The van der Waals surface area contributed by atoms with Crippen molar-refractivity contribution in [2.75, 3.05) is 18.5 Å². The van der Waals surface area contributed by atoms with Gasteiger partial charge in [-0.2, -0.15) is 0 Å². The Labute approximate surface area is 216 Å². The van der Waals surface area contributed by atoms with E-state index in [9.17, 15) is 18.8 Å². The average Bonchev–Trinajstić information content (AvgIpc) is 3.59. The number of hydrogen-bond donors (Lipinski definition) is 3. The molecule has 3 N–H and O–H groups in total. The Morgan fingerprint density at radius 3 is 2.95 bits per heavy atom. The monoisotopic (exact) mass is 514 g/mol. The third-order valence-corrected chi connectivity index (χ3v) is 6.79. The first-order chi connectivity index (χ1) is 18.5. The molecule has 0 radical (unpaired) electrons. The van der Waals surface area contributed by atoms with Gasteiger partial charge in [0.2, 0.25) is 0 Å². The van der Waals surface area contributed by atoms with Crippen molar-refractivity contribution in [3.8, 4) is 5.75 Å². The van der Waals surface area contributed by atoms with E-state index in [0.29, 0.717) is 34.6 Å². The number of likely N-dealkylation sites (tertiary alicyclic amines) is 1. The number of H-pyrrole nitrogens is 1. The van der Waals surface area contributed by atoms with E-state index in [1.165, 1.54) is 24.7 Å². The largest absolute Gasteiger partial charge is 0.482 e. The number of carbonyl (C=O) groups excluding carboxylic acids is 3. The number of rotatable bonds is 5. The van der Waals surface area contributed by atoms with Gasteiger partial charge in [0.05, 0.1) is 22.8 Å². The highest BCUT2D eigenvalue weighted by molar-refractivity contribution is 6.10. The summed E-state index contributed by atoms with van der Waals surface area (Å²) in [7, 11) is 0. The van der Waals surface area contributed by atoms with Crippen LogP contribution in [-0.2, 0) is 11.3 Å². The minimum absolute atomic E-state index is 0.0311. The van der Waals surface area contributed by atoms with E-state index in [2.05, 4.69) is 25.6 Å². The third kappa shape index (κ3) is 4.32. The highest BCUT2D eigenvalue weighted by Gasteiger charge is 2.32. The lowest BCUT2D eigenvalue weighted by Gasteiger charge is -2.25. The smallest absolute Gasteiger partial charge is 0.272 e. The summed E-state index contributed by atoms with van der Waals surface area (Å²) in [5, 5.41) is 5.56. The number of anilines is 1. The molecule has 10 nitrogen and oxygen atoms in total. The molecule has 2 aromatic heterocycles. The molecule has 0 bridgehead atoms. The van der Waals surface area contributed by atoms with E-state index in [1.807, 2.05) is 6.07 Å². The molecule has 192 valence electrons. The number of aromatic amines is 1. The second kappa shape index (κ2) is 9.58. The van der Waals surface area contributed by atoms with Gasteiger partial charge >= 0.3 is 0 Å². The van der Waals surface area contributed by atoms with Crippen molar-refractivity contribution in [2.24, 2.45) is 0 Å². The second-order valence-corrected chi connectivity index (χ2v) is 9.21. The highest BCUT2D eigenvalue weighted by Crippen LogP contribution is 2.34. The number of nitrogens with one attached hydrogen (secondary N) is 3. The van der Waals surface area contributed by atoms with Gasteiger partial charge in [0.1, 0.15) is 23.4 Å². The molecule has 2 aliphatic heterocycles. The first-order valence-electron chi connectivity index (χ1n) is 12.2. The maximum absolute atomic E-state index is 13.8. The lowest BCUT2D eigenvalue weighted by Crippen LogP contribution is -2.30. The van der Waals surface area contributed by atoms with Gasteiger partial charge in [-0.3, -0.25) is 14.4 Å². The number of hydrogen-bond acceptors (Lipinski definition) is 6. The van der Waals surface area contributed by atoms with E-state index in [4.69, 9.17) is 4.74 Å². The summed E-state index contributed by atoms with van der Waals surface area (Å²) in [6, 6.07) is 11.3. The molecule has 11 heteroatoms. The maximum atomic E-state index is 13.8. The van der Waals surface area contributed by atoms with Crippen LogP contribution >= 0.6 is 0 Å². The first kappa shape index (κ1) is 23.6. The van der Waals surface area contributed by atoms with Crippen LogP contribution in [0.1, 0.15) is 50.9 Å². The van der Waals surface area contributed by atoms with Crippen LogP contribution in [-0.4, -0.2) is 50.7 Å². The minimum Gasteiger partial charge on any atom is -0.482 e. The molecule has 1 unspecified atom stereocenters. The normalized spacial score (nSPS) is 16.6. The number of halogens is 1. The quantitative estimate of drug-likeness (QED) is 0.375. The number of benzene rings is 2. The molecule has 1 saturated heterocycles. The van der Waals surface area contributed by atoms with Gasteiger partial charge in [-0.25, -0.2) is 14.4 Å². The van der Waals surface area contributed by atoms with E-state index in [-0.39, 0.29) is 42.5 Å². The zero-order valence-corrected chi connectivity index (χ0v) is 20.2. The Bertz CT molecular complexity index is 1590. The summed E-state index contributed by atoms with van der Waals surface area (Å²) in [4.78, 5) is 51.3. The predicted molar refractivity (Wildman–Crippen MR) is 135 cm³/mol.